The number of hydrogen-bond acceptors (Lipinski definition) is 10. The number of carbonyl (C=O) groups is 2. The minimum atomic E-state index is -4.30. The standard InChI is InChI=1S/C27H31F5N8O5/c1-14-21(38-45-37-14)23(41)36-22(15-2-4-16(5-3-15)27(30,31)32)18-11-40-25(35-18)34-17(10-33-40)19-12-43-9-8-39(19)24(42)20-6-7-26(28,29)13-44-20/h10-11,15-16,19-20,22H,2-9,12-13H2,1H3,(H,36,41)/t15?,16?,19-,20+,22+/m1/s1. The molecule has 6 rings (SSSR count). The van der Waals surface area contributed by atoms with Gasteiger partial charge in [-0.15, -0.1) is 0 Å². The van der Waals surface area contributed by atoms with Crippen LogP contribution < -0.4 is 5.32 Å². The van der Waals surface area contributed by atoms with Crippen LogP contribution in [-0.2, 0) is 14.3 Å². The van der Waals surface area contributed by atoms with Gasteiger partial charge in [-0.1, -0.05) is 5.16 Å². The van der Waals surface area contributed by atoms with Crippen LogP contribution in [0.3, 0.4) is 0 Å². The molecule has 0 bridgehead atoms. The van der Waals surface area contributed by atoms with E-state index in [-0.39, 0.29) is 74.9 Å². The van der Waals surface area contributed by atoms with Crippen LogP contribution >= 0.6 is 0 Å². The largest absolute Gasteiger partial charge is 0.391 e. The van der Waals surface area contributed by atoms with E-state index in [1.165, 1.54) is 28.7 Å². The van der Waals surface area contributed by atoms with Gasteiger partial charge >= 0.3 is 6.18 Å². The fourth-order valence-corrected chi connectivity index (χ4v) is 6.19. The van der Waals surface area contributed by atoms with Gasteiger partial charge in [-0.05, 0) is 50.1 Å². The Kier molecular flexibility index (Phi) is 8.45. The average Bonchev–Trinajstić information content (AvgIpc) is 3.64. The molecule has 3 aliphatic rings. The molecule has 3 fully saturated rings. The number of hydrogen-bond donors (Lipinski definition) is 1. The molecule has 2 amide bonds. The number of morpholine rings is 1. The minimum Gasteiger partial charge on any atom is -0.377 e. The average molecular weight is 643 g/mol. The fourth-order valence-electron chi connectivity index (χ4n) is 6.19. The van der Waals surface area contributed by atoms with Crippen LogP contribution in [-0.4, -0.2) is 91.2 Å². The number of aryl methyl sites for hydroxylation is 1. The second-order valence-electron chi connectivity index (χ2n) is 11.7. The molecular formula is C27H31F5N8O5. The molecule has 0 radical (unpaired) electrons. The second-order valence-corrected chi connectivity index (χ2v) is 11.7. The number of carbonyl (C=O) groups excluding carboxylic acids is 2. The van der Waals surface area contributed by atoms with Crippen molar-refractivity contribution in [3.05, 3.63) is 35.2 Å². The number of amides is 2. The van der Waals surface area contributed by atoms with Crippen molar-refractivity contribution in [2.45, 2.75) is 75.7 Å². The van der Waals surface area contributed by atoms with Crippen molar-refractivity contribution in [3.8, 4) is 0 Å². The molecule has 5 heterocycles. The van der Waals surface area contributed by atoms with E-state index in [0.717, 1.165) is 0 Å². The molecule has 0 spiro atoms. The van der Waals surface area contributed by atoms with E-state index in [9.17, 15) is 31.5 Å². The molecule has 1 saturated carbocycles. The number of aromatic nitrogens is 6. The Morgan fingerprint density at radius 1 is 1.11 bits per heavy atom. The van der Waals surface area contributed by atoms with Crippen molar-refractivity contribution < 1.29 is 45.6 Å². The molecule has 0 aromatic carbocycles. The van der Waals surface area contributed by atoms with Gasteiger partial charge in [0, 0.05) is 13.0 Å². The highest BCUT2D eigenvalue weighted by atomic mass is 19.4. The van der Waals surface area contributed by atoms with Crippen LogP contribution in [0.1, 0.15) is 78.2 Å². The van der Waals surface area contributed by atoms with Gasteiger partial charge in [-0.25, -0.2) is 27.9 Å². The number of nitrogens with zero attached hydrogens (tertiary/aromatic N) is 7. The number of halogens is 5. The third-order valence-corrected chi connectivity index (χ3v) is 8.71. The van der Waals surface area contributed by atoms with E-state index in [0.29, 0.717) is 11.4 Å². The van der Waals surface area contributed by atoms with E-state index < -0.39 is 61.0 Å². The van der Waals surface area contributed by atoms with Crippen LogP contribution in [0.4, 0.5) is 22.0 Å². The Morgan fingerprint density at radius 2 is 1.89 bits per heavy atom. The molecule has 13 nitrogen and oxygen atoms in total. The number of fused-ring (bicyclic) bond motifs is 1. The van der Waals surface area contributed by atoms with Gasteiger partial charge in [0.15, 0.2) is 5.69 Å². The number of alkyl halides is 5. The first-order valence-electron chi connectivity index (χ1n) is 14.7. The van der Waals surface area contributed by atoms with Gasteiger partial charge in [0.05, 0.1) is 55.0 Å². The maximum atomic E-state index is 13.6. The predicted molar refractivity (Wildman–Crippen MR) is 141 cm³/mol. The quantitative estimate of drug-likeness (QED) is 0.397. The summed E-state index contributed by atoms with van der Waals surface area (Å²) < 4.78 is 84.1. The van der Waals surface area contributed by atoms with Crippen molar-refractivity contribution >= 4 is 17.6 Å². The predicted octanol–water partition coefficient (Wildman–Crippen LogP) is 3.37. The Balaban J connectivity index is 1.25. The summed E-state index contributed by atoms with van der Waals surface area (Å²) in [6, 6.07) is -1.49. The monoisotopic (exact) mass is 642 g/mol. The third-order valence-electron chi connectivity index (χ3n) is 8.71. The van der Waals surface area contributed by atoms with E-state index in [4.69, 9.17) is 9.47 Å². The molecule has 2 aliphatic heterocycles. The second kappa shape index (κ2) is 12.2. The highest BCUT2D eigenvalue weighted by Gasteiger charge is 2.44. The lowest BCUT2D eigenvalue weighted by atomic mass is 9.77. The molecule has 45 heavy (non-hydrogen) atoms. The van der Waals surface area contributed by atoms with Crippen molar-refractivity contribution in [2.75, 3.05) is 26.4 Å². The first-order chi connectivity index (χ1) is 21.4. The molecule has 3 atom stereocenters. The van der Waals surface area contributed by atoms with Gasteiger partial charge in [-0.2, -0.15) is 18.3 Å². The Morgan fingerprint density at radius 3 is 2.56 bits per heavy atom. The Hall–Kier alpha value is -3.80. The third kappa shape index (κ3) is 6.61. The molecule has 2 saturated heterocycles. The first-order valence-corrected chi connectivity index (χ1v) is 14.7. The normalized spacial score (nSPS) is 26.5. The van der Waals surface area contributed by atoms with Gasteiger partial charge in [0.25, 0.3) is 23.5 Å². The van der Waals surface area contributed by atoms with Crippen molar-refractivity contribution in [3.63, 3.8) is 0 Å². The fraction of sp³-hybridized carbons (Fsp3) is 0.667. The van der Waals surface area contributed by atoms with Crippen LogP contribution in [0.5, 0.6) is 0 Å². The lowest BCUT2D eigenvalue weighted by Gasteiger charge is -2.38. The van der Waals surface area contributed by atoms with Crippen LogP contribution in [0.25, 0.3) is 5.78 Å². The van der Waals surface area contributed by atoms with E-state index in [2.05, 4.69) is 35.3 Å². The van der Waals surface area contributed by atoms with Gasteiger partial charge in [-0.3, -0.25) is 9.59 Å². The topological polar surface area (TPSA) is 150 Å². The van der Waals surface area contributed by atoms with Crippen LogP contribution in [0.15, 0.2) is 17.0 Å². The van der Waals surface area contributed by atoms with Gasteiger partial charge in [0.2, 0.25) is 0 Å². The highest BCUT2D eigenvalue weighted by molar-refractivity contribution is 5.93. The number of imidazole rings is 1. The minimum absolute atomic E-state index is 0.0565. The maximum Gasteiger partial charge on any atom is 0.391 e. The van der Waals surface area contributed by atoms with E-state index in [1.807, 2.05) is 0 Å². The zero-order valence-corrected chi connectivity index (χ0v) is 24.2. The lowest BCUT2D eigenvalue weighted by Crippen LogP contribution is -2.50. The molecule has 3 aromatic rings. The van der Waals surface area contributed by atoms with Crippen molar-refractivity contribution in [1.29, 1.82) is 0 Å². The number of ether oxygens (including phenoxy) is 2. The summed E-state index contributed by atoms with van der Waals surface area (Å²) in [5, 5.41) is 14.5. The summed E-state index contributed by atoms with van der Waals surface area (Å²) >= 11 is 0. The summed E-state index contributed by atoms with van der Waals surface area (Å²) in [4.78, 5) is 37.1. The molecule has 18 heteroatoms. The number of rotatable bonds is 6. The number of nitrogens with one attached hydrogen (secondary N) is 1. The molecule has 1 aliphatic carbocycles. The van der Waals surface area contributed by atoms with Gasteiger partial charge < -0.3 is 19.7 Å². The molecule has 1 N–H and O–H groups in total. The zero-order chi connectivity index (χ0) is 31.9. The summed E-state index contributed by atoms with van der Waals surface area (Å²) in [5.74, 6) is -5.71. The Bertz CT molecular complexity index is 1530. The lowest BCUT2D eigenvalue weighted by molar-refractivity contribution is -0.184. The zero-order valence-electron chi connectivity index (χ0n) is 24.2. The molecule has 3 aromatic heterocycles. The van der Waals surface area contributed by atoms with E-state index >= 15 is 0 Å². The maximum absolute atomic E-state index is 13.6. The van der Waals surface area contributed by atoms with Crippen LogP contribution in [0.2, 0.25) is 0 Å². The molecule has 0 unspecified atom stereocenters. The summed E-state index contributed by atoms with van der Waals surface area (Å²) in [7, 11) is 0. The van der Waals surface area contributed by atoms with Crippen molar-refractivity contribution in [1.82, 2.24) is 40.1 Å². The summed E-state index contributed by atoms with van der Waals surface area (Å²) in [6.07, 6.45) is -2.71. The first kappa shape index (κ1) is 31.2. The smallest absolute Gasteiger partial charge is 0.377 e. The van der Waals surface area contributed by atoms with Gasteiger partial charge in [0.1, 0.15) is 18.4 Å². The van der Waals surface area contributed by atoms with E-state index in [1.54, 1.807) is 0 Å². The van der Waals surface area contributed by atoms with Crippen molar-refractivity contribution in [2.24, 2.45) is 11.8 Å². The SMILES string of the molecule is Cc1nonc1C(=O)N[C@H](c1cn2ncc([C@H]3COCCN3C(=O)[C@@H]3CCC(F)(F)CO3)nc2n1)C1CCC(C(F)(F)F)CC1. The Labute approximate surface area is 252 Å². The summed E-state index contributed by atoms with van der Waals surface area (Å²) in [6.45, 7) is 1.22. The highest BCUT2D eigenvalue weighted by Crippen LogP contribution is 2.43. The van der Waals surface area contributed by atoms with Crippen LogP contribution in [0, 0.1) is 18.8 Å². The molecule has 244 valence electrons. The molecular weight excluding hydrogens is 611 g/mol. The summed E-state index contributed by atoms with van der Waals surface area (Å²) in [5.41, 5.74) is 0.856.